The lowest BCUT2D eigenvalue weighted by molar-refractivity contribution is -0.117. The lowest BCUT2D eigenvalue weighted by Crippen LogP contribution is -2.23. The third-order valence-electron chi connectivity index (χ3n) is 6.58. The van der Waals surface area contributed by atoms with E-state index in [0.717, 1.165) is 47.7 Å². The fraction of sp³-hybridized carbons (Fsp3) is 0.414. The molecule has 0 unspecified atom stereocenters. The van der Waals surface area contributed by atoms with Crippen LogP contribution in [-0.2, 0) is 14.3 Å². The molecular formula is C29H36F2N4O4. The smallest absolute Gasteiger partial charge is 0.227 e. The Morgan fingerprint density at radius 2 is 1.87 bits per heavy atom. The molecule has 39 heavy (non-hydrogen) atoms. The van der Waals surface area contributed by atoms with E-state index in [4.69, 9.17) is 15.0 Å². The van der Waals surface area contributed by atoms with Crippen molar-refractivity contribution in [3.63, 3.8) is 0 Å². The van der Waals surface area contributed by atoms with Crippen molar-refractivity contribution in [1.82, 2.24) is 5.16 Å². The maximum atomic E-state index is 12.8. The summed E-state index contributed by atoms with van der Waals surface area (Å²) in [4.78, 5) is 23.2. The van der Waals surface area contributed by atoms with E-state index >= 15 is 0 Å². The van der Waals surface area contributed by atoms with Crippen molar-refractivity contribution >= 4 is 29.4 Å². The molecular weight excluding hydrogens is 506 g/mol. The van der Waals surface area contributed by atoms with E-state index in [1.165, 1.54) is 36.6 Å². The number of ether oxygens (including phenoxy) is 1. The number of aromatic nitrogens is 1. The van der Waals surface area contributed by atoms with Gasteiger partial charge in [0.1, 0.15) is 5.76 Å². The molecule has 1 saturated heterocycles. The Morgan fingerprint density at radius 1 is 1.13 bits per heavy atom. The Kier molecular flexibility index (Phi) is 11.0. The summed E-state index contributed by atoms with van der Waals surface area (Å²) in [6, 6.07) is 8.93. The standard InChI is InChI=1S/C12H13N3O2.C10H9F2NO.C7H14O/c1-7-12(8(2)17-15-7)9-3-4-10(13)11(5-9)14-6-16;11-8-4-3-7(6-9(8)12)13-5-1-2-10(13)14;1-2-8-7-5-3-4-6-7/h3-6H,13H2,1-2H3,(H,14,16);3-4,6H,1-2,5H2;7H,2-6H2,1H3. The molecule has 0 spiro atoms. The average molecular weight is 543 g/mol. The second-order valence-corrected chi connectivity index (χ2v) is 9.37. The van der Waals surface area contributed by atoms with Gasteiger partial charge in [-0.05, 0) is 69.9 Å². The number of nitrogens with two attached hydrogens (primary N) is 1. The second-order valence-electron chi connectivity index (χ2n) is 9.37. The van der Waals surface area contributed by atoms with E-state index in [0.29, 0.717) is 42.5 Å². The predicted octanol–water partition coefficient (Wildman–Crippen LogP) is 6.17. The highest BCUT2D eigenvalue weighted by Crippen LogP contribution is 2.31. The van der Waals surface area contributed by atoms with Crippen molar-refractivity contribution in [2.24, 2.45) is 0 Å². The number of carbonyl (C=O) groups is 2. The lowest BCUT2D eigenvalue weighted by Gasteiger charge is -2.15. The van der Waals surface area contributed by atoms with Crippen LogP contribution in [0.15, 0.2) is 40.9 Å². The fourth-order valence-corrected chi connectivity index (χ4v) is 4.66. The van der Waals surface area contributed by atoms with Gasteiger partial charge in [0.25, 0.3) is 0 Å². The molecule has 1 aliphatic carbocycles. The molecule has 3 aromatic rings. The van der Waals surface area contributed by atoms with Gasteiger partial charge < -0.3 is 25.2 Å². The average Bonchev–Trinajstić information content (AvgIpc) is 3.66. The summed E-state index contributed by atoms with van der Waals surface area (Å²) >= 11 is 0. The molecule has 0 atom stereocenters. The largest absolute Gasteiger partial charge is 0.397 e. The van der Waals surface area contributed by atoms with Gasteiger partial charge in [-0.3, -0.25) is 9.59 Å². The van der Waals surface area contributed by atoms with E-state index < -0.39 is 11.6 Å². The SMILES string of the molecule is CCOC1CCCC1.Cc1noc(C)c1-c1ccc(N)c(NC=O)c1.O=C1CCCN1c1ccc(F)c(F)c1. The molecule has 2 fully saturated rings. The molecule has 8 nitrogen and oxygen atoms in total. The van der Waals surface area contributed by atoms with Gasteiger partial charge in [0.15, 0.2) is 11.6 Å². The zero-order valence-corrected chi connectivity index (χ0v) is 22.6. The van der Waals surface area contributed by atoms with Crippen molar-refractivity contribution in [2.75, 3.05) is 29.1 Å². The van der Waals surface area contributed by atoms with E-state index in [1.807, 2.05) is 19.9 Å². The summed E-state index contributed by atoms with van der Waals surface area (Å²) in [5.74, 6) is -1.09. The number of nitrogens with one attached hydrogen (secondary N) is 1. The number of rotatable bonds is 6. The normalized spacial score (nSPS) is 14.9. The van der Waals surface area contributed by atoms with E-state index in [2.05, 4.69) is 17.4 Å². The van der Waals surface area contributed by atoms with Gasteiger partial charge in [0.05, 0.1) is 23.2 Å². The highest BCUT2D eigenvalue weighted by molar-refractivity contribution is 5.95. The molecule has 2 aromatic carbocycles. The number of carbonyl (C=O) groups excluding carboxylic acids is 2. The van der Waals surface area contributed by atoms with Crippen LogP contribution >= 0.6 is 0 Å². The number of hydrogen-bond acceptors (Lipinski definition) is 6. The van der Waals surface area contributed by atoms with Gasteiger partial charge in [-0.15, -0.1) is 0 Å². The lowest BCUT2D eigenvalue weighted by atomic mass is 10.0. The van der Waals surface area contributed by atoms with Crippen molar-refractivity contribution < 1.29 is 27.6 Å². The maximum absolute atomic E-state index is 12.8. The summed E-state index contributed by atoms with van der Waals surface area (Å²) < 4.78 is 36.0. The van der Waals surface area contributed by atoms with Crippen LogP contribution in [0.5, 0.6) is 0 Å². The number of benzene rings is 2. The maximum Gasteiger partial charge on any atom is 0.227 e. The minimum atomic E-state index is -0.915. The molecule has 3 N–H and O–H groups in total. The first kappa shape index (κ1) is 29.8. The fourth-order valence-electron chi connectivity index (χ4n) is 4.66. The van der Waals surface area contributed by atoms with Crippen molar-refractivity contribution in [1.29, 1.82) is 0 Å². The van der Waals surface area contributed by atoms with Gasteiger partial charge in [-0.1, -0.05) is 24.1 Å². The monoisotopic (exact) mass is 542 g/mol. The first-order chi connectivity index (χ1) is 18.7. The van der Waals surface area contributed by atoms with Crippen molar-refractivity contribution in [2.45, 2.75) is 65.4 Å². The Balaban J connectivity index is 0.000000172. The van der Waals surface area contributed by atoms with Crippen LogP contribution in [0, 0.1) is 25.5 Å². The molecule has 1 aromatic heterocycles. The van der Waals surface area contributed by atoms with Gasteiger partial charge in [-0.2, -0.15) is 0 Å². The van der Waals surface area contributed by atoms with Crippen LogP contribution in [0.1, 0.15) is 56.9 Å². The Bertz CT molecular complexity index is 1240. The number of amides is 2. The molecule has 2 amide bonds. The molecule has 0 bridgehead atoms. The van der Waals surface area contributed by atoms with Crippen molar-refractivity contribution in [3.8, 4) is 11.1 Å². The minimum absolute atomic E-state index is 0.0315. The zero-order valence-electron chi connectivity index (χ0n) is 22.6. The summed E-state index contributed by atoms with van der Waals surface area (Å²) in [7, 11) is 0. The van der Waals surface area contributed by atoms with E-state index in [-0.39, 0.29) is 5.91 Å². The number of nitrogen functional groups attached to an aromatic ring is 1. The van der Waals surface area contributed by atoms with Gasteiger partial charge in [-0.25, -0.2) is 8.78 Å². The molecule has 2 heterocycles. The number of anilines is 3. The van der Waals surface area contributed by atoms with E-state index in [9.17, 15) is 18.4 Å². The molecule has 2 aliphatic rings. The predicted molar refractivity (Wildman–Crippen MR) is 147 cm³/mol. The van der Waals surface area contributed by atoms with Gasteiger partial charge in [0.2, 0.25) is 12.3 Å². The third-order valence-corrected chi connectivity index (χ3v) is 6.58. The van der Waals surface area contributed by atoms with Gasteiger partial charge in [0, 0.05) is 36.9 Å². The summed E-state index contributed by atoms with van der Waals surface area (Å²) in [6.45, 7) is 7.26. The molecule has 5 rings (SSSR count). The zero-order chi connectivity index (χ0) is 28.4. The first-order valence-electron chi connectivity index (χ1n) is 13.1. The summed E-state index contributed by atoms with van der Waals surface area (Å²) in [5, 5.41) is 6.45. The summed E-state index contributed by atoms with van der Waals surface area (Å²) in [5.41, 5.74) is 9.94. The molecule has 210 valence electrons. The van der Waals surface area contributed by atoms with Crippen LogP contribution in [-0.4, -0.2) is 36.7 Å². The van der Waals surface area contributed by atoms with Crippen LogP contribution in [0.2, 0.25) is 0 Å². The summed E-state index contributed by atoms with van der Waals surface area (Å²) in [6.07, 6.45) is 7.83. The highest BCUT2D eigenvalue weighted by atomic mass is 19.2. The quantitative estimate of drug-likeness (QED) is 0.285. The molecule has 10 heteroatoms. The Labute approximate surface area is 227 Å². The molecule has 0 radical (unpaired) electrons. The third kappa shape index (κ3) is 8.10. The van der Waals surface area contributed by atoms with Crippen molar-refractivity contribution in [3.05, 3.63) is 59.5 Å². The highest BCUT2D eigenvalue weighted by Gasteiger charge is 2.22. The number of halogens is 2. The van der Waals surface area contributed by atoms with Gasteiger partial charge >= 0.3 is 0 Å². The number of hydrogen-bond donors (Lipinski definition) is 2. The minimum Gasteiger partial charge on any atom is -0.397 e. The topological polar surface area (TPSA) is 111 Å². The molecule has 1 aliphatic heterocycles. The van der Waals surface area contributed by atoms with Crippen LogP contribution < -0.4 is 16.0 Å². The number of aryl methyl sites for hydroxylation is 2. The Hall–Kier alpha value is -3.79. The van der Waals surface area contributed by atoms with Crippen LogP contribution in [0.3, 0.4) is 0 Å². The molecule has 1 saturated carbocycles. The number of nitrogens with zero attached hydrogens (tertiary/aromatic N) is 2. The second kappa shape index (κ2) is 14.4. The van der Waals surface area contributed by atoms with Crippen LogP contribution in [0.4, 0.5) is 25.8 Å². The van der Waals surface area contributed by atoms with E-state index in [1.54, 1.807) is 12.1 Å². The van der Waals surface area contributed by atoms with Crippen LogP contribution in [0.25, 0.3) is 11.1 Å². The Morgan fingerprint density at radius 3 is 2.44 bits per heavy atom. The first-order valence-corrected chi connectivity index (χ1v) is 13.1.